The van der Waals surface area contributed by atoms with Crippen LogP contribution in [0.15, 0.2) is 23.8 Å². The van der Waals surface area contributed by atoms with Gasteiger partial charge < -0.3 is 19.3 Å². The molecule has 3 rings (SSSR count). The van der Waals surface area contributed by atoms with E-state index in [1.165, 1.54) is 6.08 Å². The summed E-state index contributed by atoms with van der Waals surface area (Å²) >= 11 is 0. The number of esters is 2. The van der Waals surface area contributed by atoms with Gasteiger partial charge in [-0.05, 0) is 39.5 Å². The first-order valence-corrected chi connectivity index (χ1v) is 9.25. The van der Waals surface area contributed by atoms with Crippen LogP contribution < -0.4 is 0 Å². The quantitative estimate of drug-likeness (QED) is 0.460. The smallest absolute Gasteiger partial charge is 0.334 e. The number of carbonyl (C=O) groups excluding carboxylic acids is 2. The molecule has 26 heavy (non-hydrogen) atoms. The Balaban J connectivity index is 1.92. The summed E-state index contributed by atoms with van der Waals surface area (Å²) in [5.41, 5.74) is 0.673. The zero-order valence-corrected chi connectivity index (χ0v) is 15.9. The molecule has 1 N–H and O–H groups in total. The fourth-order valence-electron chi connectivity index (χ4n) is 4.21. The zero-order chi connectivity index (χ0) is 19.2. The summed E-state index contributed by atoms with van der Waals surface area (Å²) < 4.78 is 17.0. The number of fused-ring (bicyclic) bond motifs is 2. The predicted octanol–water partition coefficient (Wildman–Crippen LogP) is 2.30. The maximum Gasteiger partial charge on any atom is 0.334 e. The van der Waals surface area contributed by atoms with Crippen LogP contribution in [0.1, 0.15) is 47.0 Å². The topological polar surface area (TPSA) is 85.4 Å². The summed E-state index contributed by atoms with van der Waals surface area (Å²) in [5, 5.41) is 10.9. The molecule has 0 aromatic heterocycles. The first-order chi connectivity index (χ1) is 12.1. The number of aliphatic hydroxyl groups excluding tert-OH is 1. The summed E-state index contributed by atoms with van der Waals surface area (Å²) in [6, 6.07) is 0. The first-order valence-electron chi connectivity index (χ1n) is 9.25. The first kappa shape index (κ1) is 19.1. The Morgan fingerprint density at radius 2 is 2.12 bits per heavy atom. The van der Waals surface area contributed by atoms with Crippen molar-refractivity contribution in [1.82, 2.24) is 0 Å². The van der Waals surface area contributed by atoms with Gasteiger partial charge in [-0.3, -0.25) is 0 Å². The monoisotopic (exact) mass is 364 g/mol. The van der Waals surface area contributed by atoms with E-state index >= 15 is 0 Å². The average molecular weight is 364 g/mol. The molecule has 1 saturated carbocycles. The van der Waals surface area contributed by atoms with E-state index in [-0.39, 0.29) is 23.2 Å². The number of hydrogen-bond acceptors (Lipinski definition) is 6. The largest absolute Gasteiger partial charge is 0.455 e. The molecule has 2 saturated heterocycles. The van der Waals surface area contributed by atoms with Gasteiger partial charge in [0.1, 0.15) is 18.3 Å². The number of rotatable bonds is 2. The molecule has 6 heteroatoms. The van der Waals surface area contributed by atoms with E-state index in [1.54, 1.807) is 0 Å². The highest BCUT2D eigenvalue weighted by Crippen LogP contribution is 2.49. The summed E-state index contributed by atoms with van der Waals surface area (Å²) in [4.78, 5) is 24.4. The lowest BCUT2D eigenvalue weighted by Gasteiger charge is -2.33. The molecule has 1 aliphatic carbocycles. The van der Waals surface area contributed by atoms with Gasteiger partial charge in [0.2, 0.25) is 0 Å². The predicted molar refractivity (Wildman–Crippen MR) is 94.1 cm³/mol. The second kappa shape index (κ2) is 6.82. The van der Waals surface area contributed by atoms with Crippen molar-refractivity contribution in [3.05, 3.63) is 23.8 Å². The third-order valence-electron chi connectivity index (χ3n) is 5.76. The van der Waals surface area contributed by atoms with Gasteiger partial charge in [0, 0.05) is 11.6 Å². The van der Waals surface area contributed by atoms with Crippen LogP contribution >= 0.6 is 0 Å². The van der Waals surface area contributed by atoms with Gasteiger partial charge in [0.15, 0.2) is 0 Å². The van der Waals surface area contributed by atoms with Crippen molar-refractivity contribution in [2.45, 2.75) is 77.0 Å². The summed E-state index contributed by atoms with van der Waals surface area (Å²) in [7, 11) is 0. The number of ether oxygens (including phenoxy) is 3. The molecule has 6 nitrogen and oxygen atoms in total. The van der Waals surface area contributed by atoms with E-state index in [0.717, 1.165) is 24.8 Å². The van der Waals surface area contributed by atoms with Crippen molar-refractivity contribution in [3.8, 4) is 0 Å². The highest BCUT2D eigenvalue weighted by Gasteiger charge is 2.62. The Labute approximate surface area is 154 Å². The highest BCUT2D eigenvalue weighted by atomic mass is 16.6. The minimum atomic E-state index is -0.918. The van der Waals surface area contributed by atoms with Crippen molar-refractivity contribution >= 4 is 11.9 Å². The minimum Gasteiger partial charge on any atom is -0.455 e. The number of hydrogen-bond donors (Lipinski definition) is 1. The second-order valence-electron chi connectivity index (χ2n) is 8.26. The maximum atomic E-state index is 12.2. The second-order valence-corrected chi connectivity index (χ2v) is 8.26. The molecule has 0 radical (unpaired) electrons. The Morgan fingerprint density at radius 3 is 2.77 bits per heavy atom. The van der Waals surface area contributed by atoms with E-state index in [0.29, 0.717) is 0 Å². The van der Waals surface area contributed by atoms with Crippen LogP contribution in [0.5, 0.6) is 0 Å². The average Bonchev–Trinajstić information content (AvgIpc) is 3.12. The summed E-state index contributed by atoms with van der Waals surface area (Å²) in [6.07, 6.45) is 1.26. The minimum absolute atomic E-state index is 0.0261. The molecule has 144 valence electrons. The van der Waals surface area contributed by atoms with Gasteiger partial charge in [-0.25, -0.2) is 9.59 Å². The van der Waals surface area contributed by atoms with E-state index in [1.807, 2.05) is 27.7 Å². The highest BCUT2D eigenvalue weighted by molar-refractivity contribution is 5.91. The molecular weight excluding hydrogens is 336 g/mol. The molecule has 3 fully saturated rings. The Bertz CT molecular complexity index is 649. The molecule has 0 spiro atoms. The van der Waals surface area contributed by atoms with Gasteiger partial charge in [0.25, 0.3) is 0 Å². The van der Waals surface area contributed by atoms with Crippen LogP contribution in [-0.4, -0.2) is 47.1 Å². The van der Waals surface area contributed by atoms with Crippen molar-refractivity contribution in [2.24, 2.45) is 11.8 Å². The van der Waals surface area contributed by atoms with Gasteiger partial charge in [-0.15, -0.1) is 0 Å². The van der Waals surface area contributed by atoms with Gasteiger partial charge in [0.05, 0.1) is 17.6 Å². The fourth-order valence-corrected chi connectivity index (χ4v) is 4.21. The van der Waals surface area contributed by atoms with Gasteiger partial charge in [-0.1, -0.05) is 25.5 Å². The van der Waals surface area contributed by atoms with Crippen LogP contribution in [0.4, 0.5) is 0 Å². The number of carbonyl (C=O) groups is 2. The van der Waals surface area contributed by atoms with Gasteiger partial charge >= 0.3 is 11.9 Å². The molecule has 7 atom stereocenters. The molecule has 2 heterocycles. The molecule has 0 amide bonds. The molecule has 3 aliphatic rings. The molecular formula is C20H28O6. The number of allylic oxidation sites excluding steroid dienone is 1. The van der Waals surface area contributed by atoms with Crippen molar-refractivity contribution in [2.75, 3.05) is 0 Å². The Kier molecular flexibility index (Phi) is 5.01. The molecule has 2 aliphatic heterocycles. The molecule has 0 unspecified atom stereocenters. The molecule has 0 aromatic carbocycles. The maximum absolute atomic E-state index is 12.2. The van der Waals surface area contributed by atoms with Crippen LogP contribution in [-0.2, 0) is 23.8 Å². The van der Waals surface area contributed by atoms with E-state index < -0.39 is 36.2 Å². The fraction of sp³-hybridized carbons (Fsp3) is 0.700. The Hall–Kier alpha value is -1.66. The number of aliphatic hydroxyl groups is 1. The lowest BCUT2D eigenvalue weighted by atomic mass is 9.78. The lowest BCUT2D eigenvalue weighted by molar-refractivity contribution is -0.165. The van der Waals surface area contributed by atoms with Crippen LogP contribution in [0.2, 0.25) is 0 Å². The standard InChI is InChI=1S/C20H28O6/c1-10(2)9-13(21)24-16-11(3)7-6-8-20(5)18(26-20)15(22)14-12(4)19(23)25-17(14)16/h9,11,14-18,22H,4,6-8H2,1-3,5H3/t11-,14-,15-,16-,17-,18-,20-/m1/s1. The zero-order valence-electron chi connectivity index (χ0n) is 15.9. The van der Waals surface area contributed by atoms with E-state index in [2.05, 4.69) is 6.58 Å². The van der Waals surface area contributed by atoms with Crippen molar-refractivity contribution in [1.29, 1.82) is 0 Å². The van der Waals surface area contributed by atoms with Crippen LogP contribution in [0.25, 0.3) is 0 Å². The van der Waals surface area contributed by atoms with Gasteiger partial charge in [-0.2, -0.15) is 0 Å². The van der Waals surface area contributed by atoms with Crippen molar-refractivity contribution < 1.29 is 28.9 Å². The Morgan fingerprint density at radius 1 is 1.42 bits per heavy atom. The summed E-state index contributed by atoms with van der Waals surface area (Å²) in [6.45, 7) is 11.4. The summed E-state index contributed by atoms with van der Waals surface area (Å²) in [5.74, 6) is -1.68. The van der Waals surface area contributed by atoms with Crippen molar-refractivity contribution in [3.63, 3.8) is 0 Å². The lowest BCUT2D eigenvalue weighted by Crippen LogP contribution is -2.46. The van der Waals surface area contributed by atoms with E-state index in [9.17, 15) is 14.7 Å². The SMILES string of the molecule is C=C1C(=O)O[C@H]2[C@H](OC(=O)C=C(C)C)[C@H](C)CCC[C@@]3(C)O[C@@H]3[C@H](O)[C@@H]12. The third kappa shape index (κ3) is 3.45. The third-order valence-corrected chi connectivity index (χ3v) is 5.76. The molecule has 0 bridgehead atoms. The molecule has 0 aromatic rings. The number of epoxide rings is 1. The normalized spacial score (nSPS) is 42.2. The van der Waals surface area contributed by atoms with Crippen LogP contribution in [0, 0.1) is 11.8 Å². The van der Waals surface area contributed by atoms with Crippen LogP contribution in [0.3, 0.4) is 0 Å². The van der Waals surface area contributed by atoms with E-state index in [4.69, 9.17) is 14.2 Å².